The summed E-state index contributed by atoms with van der Waals surface area (Å²) in [5.74, 6) is -0.344. The summed E-state index contributed by atoms with van der Waals surface area (Å²) in [4.78, 5) is 28.0. The minimum atomic E-state index is -0.721. The van der Waals surface area contributed by atoms with Crippen molar-refractivity contribution in [2.24, 2.45) is 0 Å². The molecule has 0 aromatic heterocycles. The summed E-state index contributed by atoms with van der Waals surface area (Å²) < 4.78 is 1.05. The van der Waals surface area contributed by atoms with E-state index in [1.54, 1.807) is 12.1 Å². The number of fused-ring (bicyclic) bond motifs is 1. The molecular weight excluding hydrogens is 428 g/mol. The fourth-order valence-electron chi connectivity index (χ4n) is 3.63. The van der Waals surface area contributed by atoms with Crippen molar-refractivity contribution in [3.63, 3.8) is 0 Å². The van der Waals surface area contributed by atoms with Crippen LogP contribution in [0.4, 0.5) is 0 Å². The molecule has 3 aromatic rings. The molecule has 1 heterocycles. The monoisotopic (exact) mass is 448 g/mol. The Morgan fingerprint density at radius 1 is 0.897 bits per heavy atom. The van der Waals surface area contributed by atoms with Gasteiger partial charge in [0.05, 0.1) is 0 Å². The van der Waals surface area contributed by atoms with Crippen molar-refractivity contribution in [3.8, 4) is 0 Å². The highest BCUT2D eigenvalue weighted by Gasteiger charge is 2.30. The van der Waals surface area contributed by atoms with Crippen LogP contribution in [-0.4, -0.2) is 23.3 Å². The maximum absolute atomic E-state index is 13.4. The van der Waals surface area contributed by atoms with E-state index in [0.717, 1.165) is 22.0 Å². The lowest BCUT2D eigenvalue weighted by atomic mass is 9.98. The number of carbonyl (C=O) groups is 2. The van der Waals surface area contributed by atoms with Crippen LogP contribution in [0, 0.1) is 0 Å². The predicted molar refractivity (Wildman–Crippen MR) is 116 cm³/mol. The first-order chi connectivity index (χ1) is 14.1. The van der Waals surface area contributed by atoms with E-state index in [-0.39, 0.29) is 11.8 Å². The van der Waals surface area contributed by atoms with Gasteiger partial charge in [-0.05, 0) is 47.4 Å². The van der Waals surface area contributed by atoms with Crippen LogP contribution < -0.4 is 5.32 Å². The average molecular weight is 449 g/mol. The minimum absolute atomic E-state index is 0.0888. The largest absolute Gasteiger partial charge is 0.336 e. The van der Waals surface area contributed by atoms with Crippen LogP contribution in [0.15, 0.2) is 83.3 Å². The fraction of sp³-hybridized carbons (Fsp3) is 0.167. The second kappa shape index (κ2) is 8.62. The quantitative estimate of drug-likeness (QED) is 0.638. The van der Waals surface area contributed by atoms with Crippen LogP contribution in [0.3, 0.4) is 0 Å². The third-order valence-corrected chi connectivity index (χ3v) is 5.68. The van der Waals surface area contributed by atoms with Gasteiger partial charge in [0, 0.05) is 23.1 Å². The van der Waals surface area contributed by atoms with Crippen molar-refractivity contribution >= 4 is 27.7 Å². The molecule has 146 valence electrons. The number of nitrogens with zero attached hydrogens (tertiary/aromatic N) is 1. The Kier molecular flexibility index (Phi) is 5.76. The molecule has 1 aliphatic rings. The van der Waals surface area contributed by atoms with E-state index in [1.807, 2.05) is 59.5 Å². The van der Waals surface area contributed by atoms with E-state index in [9.17, 15) is 9.59 Å². The van der Waals surface area contributed by atoms with Gasteiger partial charge in [-0.15, -0.1) is 0 Å². The topological polar surface area (TPSA) is 49.4 Å². The lowest BCUT2D eigenvalue weighted by Gasteiger charge is -2.32. The van der Waals surface area contributed by atoms with Crippen molar-refractivity contribution in [1.29, 1.82) is 0 Å². The fourth-order valence-corrected chi connectivity index (χ4v) is 4.04. The Labute approximate surface area is 178 Å². The smallest absolute Gasteiger partial charge is 0.252 e. The van der Waals surface area contributed by atoms with Gasteiger partial charge in [0.1, 0.15) is 6.04 Å². The van der Waals surface area contributed by atoms with Gasteiger partial charge < -0.3 is 10.2 Å². The molecule has 0 saturated heterocycles. The van der Waals surface area contributed by atoms with Gasteiger partial charge in [-0.3, -0.25) is 9.59 Å². The van der Waals surface area contributed by atoms with Crippen molar-refractivity contribution in [2.45, 2.75) is 19.0 Å². The predicted octanol–water partition coefficient (Wildman–Crippen LogP) is 4.51. The lowest BCUT2D eigenvalue weighted by molar-refractivity contribution is -0.134. The Bertz CT molecular complexity index is 1020. The highest BCUT2D eigenvalue weighted by Crippen LogP contribution is 2.25. The molecule has 4 rings (SSSR count). The molecular formula is C24H21BrN2O2. The lowest BCUT2D eigenvalue weighted by Crippen LogP contribution is -2.44. The van der Waals surface area contributed by atoms with Crippen LogP contribution in [-0.2, 0) is 17.8 Å². The third kappa shape index (κ3) is 4.40. The second-order valence-corrected chi connectivity index (χ2v) is 8.02. The molecule has 3 aromatic carbocycles. The zero-order valence-corrected chi connectivity index (χ0v) is 17.4. The molecule has 4 nitrogen and oxygen atoms in total. The van der Waals surface area contributed by atoms with Gasteiger partial charge in [-0.2, -0.15) is 0 Å². The molecule has 0 fully saturated rings. The molecule has 0 aliphatic carbocycles. The van der Waals surface area contributed by atoms with Crippen molar-refractivity contribution in [3.05, 3.63) is 106 Å². The van der Waals surface area contributed by atoms with Crippen LogP contribution in [0.25, 0.3) is 0 Å². The van der Waals surface area contributed by atoms with Gasteiger partial charge in [0.2, 0.25) is 5.91 Å². The average Bonchev–Trinajstić information content (AvgIpc) is 2.77. The number of hydrogen-bond acceptors (Lipinski definition) is 2. The second-order valence-electron chi connectivity index (χ2n) is 7.11. The van der Waals surface area contributed by atoms with Crippen molar-refractivity contribution in [2.75, 3.05) is 6.54 Å². The van der Waals surface area contributed by atoms with Gasteiger partial charge in [-0.25, -0.2) is 0 Å². The molecule has 1 N–H and O–H groups in total. The van der Waals surface area contributed by atoms with Crippen LogP contribution in [0.1, 0.15) is 33.1 Å². The third-order valence-electron chi connectivity index (χ3n) is 5.18. The normalized spacial score (nSPS) is 14.0. The molecule has 2 amide bonds. The first-order valence-electron chi connectivity index (χ1n) is 9.59. The zero-order valence-electron chi connectivity index (χ0n) is 15.8. The summed E-state index contributed by atoms with van der Waals surface area (Å²) in [6, 6.07) is 23.8. The van der Waals surface area contributed by atoms with Crippen LogP contribution in [0.2, 0.25) is 0 Å². The number of rotatable bonds is 4. The first-order valence-corrected chi connectivity index (χ1v) is 10.4. The summed E-state index contributed by atoms with van der Waals surface area (Å²) in [7, 11) is 0. The zero-order chi connectivity index (χ0) is 20.2. The summed E-state index contributed by atoms with van der Waals surface area (Å²) in [6.07, 6.45) is 0.800. The Morgan fingerprint density at radius 2 is 1.59 bits per heavy atom. The van der Waals surface area contributed by atoms with E-state index >= 15 is 0 Å². The van der Waals surface area contributed by atoms with E-state index in [4.69, 9.17) is 0 Å². The van der Waals surface area contributed by atoms with E-state index in [1.165, 1.54) is 5.56 Å². The number of hydrogen-bond donors (Lipinski definition) is 1. The first kappa shape index (κ1) is 19.4. The van der Waals surface area contributed by atoms with Crippen molar-refractivity contribution < 1.29 is 9.59 Å². The Morgan fingerprint density at radius 3 is 2.31 bits per heavy atom. The Balaban J connectivity index is 1.58. The molecule has 0 spiro atoms. The summed E-state index contributed by atoms with van der Waals surface area (Å²) in [5.41, 5.74) is 3.72. The molecule has 0 radical (unpaired) electrons. The number of halogens is 1. The van der Waals surface area contributed by atoms with E-state index < -0.39 is 6.04 Å². The van der Waals surface area contributed by atoms with Gasteiger partial charge in [0.15, 0.2) is 0 Å². The van der Waals surface area contributed by atoms with E-state index in [0.29, 0.717) is 18.7 Å². The molecule has 0 saturated carbocycles. The molecule has 0 bridgehead atoms. The van der Waals surface area contributed by atoms with Gasteiger partial charge in [0.25, 0.3) is 5.91 Å². The maximum Gasteiger partial charge on any atom is 0.252 e. The standard InChI is InChI=1S/C24H21BrN2O2/c25-21-12-11-20-16-27(14-13-19(20)15-21)24(29)22(17-7-3-1-4-8-17)26-23(28)18-9-5-2-6-10-18/h1-12,15,22H,13-14,16H2,(H,26,28). The number of nitrogens with one attached hydrogen (secondary N) is 1. The molecule has 5 heteroatoms. The summed E-state index contributed by atoms with van der Waals surface area (Å²) >= 11 is 3.51. The highest BCUT2D eigenvalue weighted by atomic mass is 79.9. The van der Waals surface area contributed by atoms with Crippen molar-refractivity contribution in [1.82, 2.24) is 10.2 Å². The number of benzene rings is 3. The molecule has 1 unspecified atom stereocenters. The highest BCUT2D eigenvalue weighted by molar-refractivity contribution is 9.10. The SMILES string of the molecule is O=C(NC(C(=O)N1CCc2cc(Br)ccc2C1)c1ccccc1)c1ccccc1. The molecule has 1 aliphatic heterocycles. The Hall–Kier alpha value is -2.92. The number of amides is 2. The van der Waals surface area contributed by atoms with Crippen LogP contribution in [0.5, 0.6) is 0 Å². The molecule has 1 atom stereocenters. The molecule has 29 heavy (non-hydrogen) atoms. The van der Waals surface area contributed by atoms with Crippen LogP contribution >= 0.6 is 15.9 Å². The summed E-state index contributed by atoms with van der Waals surface area (Å²) in [5, 5.41) is 2.94. The number of carbonyl (C=O) groups excluding carboxylic acids is 2. The van der Waals surface area contributed by atoms with Gasteiger partial charge >= 0.3 is 0 Å². The van der Waals surface area contributed by atoms with Gasteiger partial charge in [-0.1, -0.05) is 70.5 Å². The summed E-state index contributed by atoms with van der Waals surface area (Å²) in [6.45, 7) is 1.18. The minimum Gasteiger partial charge on any atom is -0.336 e. The van der Waals surface area contributed by atoms with E-state index in [2.05, 4.69) is 33.4 Å². The maximum atomic E-state index is 13.4.